The summed E-state index contributed by atoms with van der Waals surface area (Å²) >= 11 is 0. The Morgan fingerprint density at radius 3 is 2.29 bits per heavy atom. The Labute approximate surface area is 176 Å². The average Bonchev–Trinajstić information content (AvgIpc) is 2.79. The van der Waals surface area contributed by atoms with Gasteiger partial charge in [0.25, 0.3) is 5.69 Å². The van der Waals surface area contributed by atoms with Crippen LogP contribution in [0.4, 0.5) is 17.1 Å². The van der Waals surface area contributed by atoms with E-state index in [0.29, 0.717) is 36.0 Å². The third-order valence-electron chi connectivity index (χ3n) is 4.54. The summed E-state index contributed by atoms with van der Waals surface area (Å²) in [5, 5.41) is 26.8. The number of nitrogens with one attached hydrogen (secondary N) is 1. The lowest BCUT2D eigenvalue weighted by Crippen LogP contribution is -2.16. The van der Waals surface area contributed by atoms with E-state index in [1.165, 1.54) is 12.1 Å². The van der Waals surface area contributed by atoms with Crippen molar-refractivity contribution in [3.63, 3.8) is 0 Å². The monoisotopic (exact) mass is 420 g/mol. The Morgan fingerprint density at radius 2 is 1.58 bits per heavy atom. The standard InChI is InChI=1S/C21H16N4O6/c26-24(27)16-7-8-17(18(13-16)25(28)29)22-23-21(14-4-2-1-3-5-14)15-6-9-19-20(12-15)31-11-10-30-19/h1-9,12-13,22H,10-11H2/b23-21+. The molecular weight excluding hydrogens is 404 g/mol. The summed E-state index contributed by atoms with van der Waals surface area (Å²) in [4.78, 5) is 21.0. The summed E-state index contributed by atoms with van der Waals surface area (Å²) in [6.07, 6.45) is 0. The first-order valence-electron chi connectivity index (χ1n) is 9.25. The molecule has 0 saturated carbocycles. The maximum Gasteiger partial charge on any atom is 0.301 e. The Bertz CT molecular complexity index is 1180. The second-order valence-corrected chi connectivity index (χ2v) is 6.51. The van der Waals surface area contributed by atoms with E-state index < -0.39 is 15.5 Å². The summed E-state index contributed by atoms with van der Waals surface area (Å²) < 4.78 is 11.2. The molecule has 0 fully saturated rings. The average molecular weight is 420 g/mol. The zero-order valence-corrected chi connectivity index (χ0v) is 16.1. The van der Waals surface area contributed by atoms with Gasteiger partial charge < -0.3 is 9.47 Å². The summed E-state index contributed by atoms with van der Waals surface area (Å²) in [5.41, 5.74) is 3.86. The predicted molar refractivity (Wildman–Crippen MR) is 113 cm³/mol. The molecule has 0 saturated heterocycles. The number of benzene rings is 3. The molecule has 1 N–H and O–H groups in total. The molecule has 1 aliphatic rings. The number of nitro benzene ring substituents is 2. The second-order valence-electron chi connectivity index (χ2n) is 6.51. The van der Waals surface area contributed by atoms with Crippen LogP contribution < -0.4 is 14.9 Å². The minimum Gasteiger partial charge on any atom is -0.486 e. The molecule has 0 amide bonds. The van der Waals surface area contributed by atoms with Crippen molar-refractivity contribution in [2.45, 2.75) is 0 Å². The van der Waals surface area contributed by atoms with Gasteiger partial charge in [0.2, 0.25) is 0 Å². The number of nitrogens with zero attached hydrogens (tertiary/aromatic N) is 3. The van der Waals surface area contributed by atoms with Crippen LogP contribution >= 0.6 is 0 Å². The zero-order chi connectivity index (χ0) is 21.8. The molecule has 156 valence electrons. The van der Waals surface area contributed by atoms with Crippen LogP contribution in [0.3, 0.4) is 0 Å². The van der Waals surface area contributed by atoms with Crippen LogP contribution in [0.1, 0.15) is 11.1 Å². The van der Waals surface area contributed by atoms with Crippen molar-refractivity contribution in [1.29, 1.82) is 0 Å². The molecule has 10 heteroatoms. The third kappa shape index (κ3) is 4.27. The summed E-state index contributed by atoms with van der Waals surface area (Å²) in [7, 11) is 0. The van der Waals surface area contributed by atoms with Crippen LogP contribution in [0.25, 0.3) is 0 Å². The van der Waals surface area contributed by atoms with Crippen LogP contribution in [-0.2, 0) is 0 Å². The van der Waals surface area contributed by atoms with Gasteiger partial charge in [0.05, 0.1) is 21.6 Å². The molecule has 0 atom stereocenters. The molecule has 10 nitrogen and oxygen atoms in total. The maximum absolute atomic E-state index is 11.4. The van der Waals surface area contributed by atoms with E-state index in [2.05, 4.69) is 10.5 Å². The van der Waals surface area contributed by atoms with E-state index in [1.54, 1.807) is 12.1 Å². The predicted octanol–water partition coefficient (Wildman–Crippen LogP) is 4.14. The van der Waals surface area contributed by atoms with Crippen LogP contribution in [0.15, 0.2) is 71.8 Å². The summed E-state index contributed by atoms with van der Waals surface area (Å²) in [5.74, 6) is 1.20. The molecule has 0 spiro atoms. The van der Waals surface area contributed by atoms with E-state index in [1.807, 2.05) is 36.4 Å². The molecule has 0 radical (unpaired) electrons. The van der Waals surface area contributed by atoms with Gasteiger partial charge in [0, 0.05) is 17.2 Å². The van der Waals surface area contributed by atoms with E-state index in [-0.39, 0.29) is 11.4 Å². The fourth-order valence-corrected chi connectivity index (χ4v) is 3.08. The number of fused-ring (bicyclic) bond motifs is 1. The van der Waals surface area contributed by atoms with Crippen LogP contribution in [0.5, 0.6) is 11.5 Å². The van der Waals surface area contributed by atoms with Gasteiger partial charge in [-0.15, -0.1) is 0 Å². The van der Waals surface area contributed by atoms with Crippen LogP contribution in [0.2, 0.25) is 0 Å². The largest absolute Gasteiger partial charge is 0.486 e. The van der Waals surface area contributed by atoms with Gasteiger partial charge >= 0.3 is 5.69 Å². The van der Waals surface area contributed by atoms with Gasteiger partial charge in [0.1, 0.15) is 18.9 Å². The minimum absolute atomic E-state index is 0.0292. The molecule has 1 heterocycles. The summed E-state index contributed by atoms with van der Waals surface area (Å²) in [6, 6.07) is 17.9. The van der Waals surface area contributed by atoms with Gasteiger partial charge in [-0.2, -0.15) is 5.10 Å². The highest BCUT2D eigenvalue weighted by Crippen LogP contribution is 2.32. The van der Waals surface area contributed by atoms with Crippen molar-refractivity contribution < 1.29 is 19.3 Å². The molecule has 0 aliphatic carbocycles. The smallest absolute Gasteiger partial charge is 0.301 e. The number of hydrazone groups is 1. The fraction of sp³-hybridized carbons (Fsp3) is 0.0952. The van der Waals surface area contributed by atoms with Crippen molar-refractivity contribution >= 4 is 22.8 Å². The van der Waals surface area contributed by atoms with Gasteiger partial charge in [-0.25, -0.2) is 0 Å². The lowest BCUT2D eigenvalue weighted by molar-refractivity contribution is -0.393. The molecule has 1 aliphatic heterocycles. The number of anilines is 1. The van der Waals surface area contributed by atoms with Crippen molar-refractivity contribution in [1.82, 2.24) is 0 Å². The van der Waals surface area contributed by atoms with Crippen molar-refractivity contribution in [3.8, 4) is 11.5 Å². The lowest BCUT2D eigenvalue weighted by atomic mass is 10.0. The quantitative estimate of drug-likeness (QED) is 0.360. The molecule has 0 unspecified atom stereocenters. The number of non-ortho nitro benzene ring substituents is 1. The highest BCUT2D eigenvalue weighted by atomic mass is 16.6. The third-order valence-corrected chi connectivity index (χ3v) is 4.54. The van der Waals surface area contributed by atoms with Gasteiger partial charge in [-0.3, -0.25) is 25.7 Å². The number of hydrogen-bond acceptors (Lipinski definition) is 8. The number of ether oxygens (including phenoxy) is 2. The molecule has 0 bridgehead atoms. The first kappa shape index (κ1) is 19.8. The Balaban J connectivity index is 1.75. The first-order valence-corrected chi connectivity index (χ1v) is 9.25. The fourth-order valence-electron chi connectivity index (χ4n) is 3.08. The van der Waals surface area contributed by atoms with E-state index in [9.17, 15) is 20.2 Å². The zero-order valence-electron chi connectivity index (χ0n) is 16.1. The molecule has 4 rings (SSSR count). The van der Waals surface area contributed by atoms with Crippen molar-refractivity contribution in [3.05, 3.63) is 98.1 Å². The van der Waals surface area contributed by atoms with Crippen molar-refractivity contribution in [2.24, 2.45) is 5.10 Å². The molecule has 31 heavy (non-hydrogen) atoms. The lowest BCUT2D eigenvalue weighted by Gasteiger charge is -2.19. The topological polar surface area (TPSA) is 129 Å². The molecule has 3 aromatic carbocycles. The number of nitro groups is 2. The van der Waals surface area contributed by atoms with Crippen LogP contribution in [0, 0.1) is 20.2 Å². The number of hydrogen-bond donors (Lipinski definition) is 1. The SMILES string of the molecule is O=[N+]([O-])c1ccc(N/N=C(\c2ccccc2)c2ccc3c(c2)OCCO3)c([N+](=O)[O-])c1. The minimum atomic E-state index is -0.697. The molecular formula is C21H16N4O6. The highest BCUT2D eigenvalue weighted by molar-refractivity contribution is 6.13. The second kappa shape index (κ2) is 8.49. The molecule has 0 aromatic heterocycles. The Hall–Kier alpha value is -4.47. The van der Waals surface area contributed by atoms with E-state index in [0.717, 1.165) is 11.6 Å². The first-order chi connectivity index (χ1) is 15.0. The van der Waals surface area contributed by atoms with Crippen molar-refractivity contribution in [2.75, 3.05) is 18.6 Å². The number of rotatable bonds is 6. The van der Waals surface area contributed by atoms with Gasteiger partial charge in [-0.1, -0.05) is 30.3 Å². The van der Waals surface area contributed by atoms with Gasteiger partial charge in [0.15, 0.2) is 11.5 Å². The molecule has 3 aromatic rings. The van der Waals surface area contributed by atoms with Crippen LogP contribution in [-0.4, -0.2) is 28.8 Å². The Kier molecular flexibility index (Phi) is 5.43. The summed E-state index contributed by atoms with van der Waals surface area (Å²) in [6.45, 7) is 0.902. The highest BCUT2D eigenvalue weighted by Gasteiger charge is 2.20. The van der Waals surface area contributed by atoms with Gasteiger partial charge in [-0.05, 0) is 24.3 Å². The van der Waals surface area contributed by atoms with E-state index in [4.69, 9.17) is 9.47 Å². The normalized spacial score (nSPS) is 12.8. The Morgan fingerprint density at radius 1 is 0.839 bits per heavy atom. The maximum atomic E-state index is 11.4. The van der Waals surface area contributed by atoms with E-state index >= 15 is 0 Å².